The lowest BCUT2D eigenvalue weighted by atomic mass is 10.1. The van der Waals surface area contributed by atoms with Gasteiger partial charge < -0.3 is 14.8 Å². The molecule has 0 amide bonds. The third kappa shape index (κ3) is 5.36. The topological polar surface area (TPSA) is 43.4 Å². The second-order valence-corrected chi connectivity index (χ2v) is 10.7. The van der Waals surface area contributed by atoms with Gasteiger partial charge in [0.2, 0.25) is 0 Å². The zero-order valence-corrected chi connectivity index (χ0v) is 23.0. The van der Waals surface area contributed by atoms with Crippen LogP contribution in [0.1, 0.15) is 16.7 Å². The number of thiazole rings is 1. The van der Waals surface area contributed by atoms with Crippen molar-refractivity contribution in [2.45, 2.75) is 20.1 Å². The number of aromatic nitrogens is 1. The SMILES string of the molecule is COc1ccc(Br)c(CNc2ccc(-c3nc4ccc(C)cc4s3)cc2)c1OCc1ccccc1Cl. The molecule has 0 saturated heterocycles. The van der Waals surface area contributed by atoms with E-state index in [1.165, 1.54) is 10.3 Å². The average molecular weight is 580 g/mol. The normalized spacial score (nSPS) is 11.0. The van der Waals surface area contributed by atoms with Crippen molar-refractivity contribution in [3.8, 4) is 22.1 Å². The van der Waals surface area contributed by atoms with E-state index >= 15 is 0 Å². The Bertz CT molecular complexity index is 1520. The number of halogens is 2. The second kappa shape index (κ2) is 10.9. The zero-order chi connectivity index (χ0) is 25.1. The van der Waals surface area contributed by atoms with E-state index in [4.69, 9.17) is 26.1 Å². The van der Waals surface area contributed by atoms with Gasteiger partial charge in [0.1, 0.15) is 11.6 Å². The Hall–Kier alpha value is -3.06. The summed E-state index contributed by atoms with van der Waals surface area (Å²) in [5.41, 5.74) is 6.27. The standard InChI is InChI=1S/C29H24BrClN2O2S/c1-18-7-13-25-27(15-18)36-29(33-25)19-8-10-21(11-9-19)32-16-22-23(30)12-14-26(34-2)28(22)35-17-20-5-3-4-6-24(20)31/h3-15,32H,16-17H2,1-2H3. The lowest BCUT2D eigenvalue weighted by Gasteiger charge is -2.18. The highest BCUT2D eigenvalue weighted by Crippen LogP contribution is 2.38. The maximum Gasteiger partial charge on any atom is 0.167 e. The van der Waals surface area contributed by atoms with Crippen LogP contribution < -0.4 is 14.8 Å². The first-order valence-corrected chi connectivity index (χ1v) is 13.4. The van der Waals surface area contributed by atoms with Gasteiger partial charge in [0, 0.05) is 38.4 Å². The molecule has 0 fully saturated rings. The molecule has 4 nitrogen and oxygen atoms in total. The number of fused-ring (bicyclic) bond motifs is 1. The lowest BCUT2D eigenvalue weighted by Crippen LogP contribution is -2.06. The zero-order valence-electron chi connectivity index (χ0n) is 19.8. The summed E-state index contributed by atoms with van der Waals surface area (Å²) in [5, 5.41) is 5.20. The van der Waals surface area contributed by atoms with Crippen LogP contribution >= 0.6 is 38.9 Å². The summed E-state index contributed by atoms with van der Waals surface area (Å²) in [6, 6.07) is 26.2. The Morgan fingerprint density at radius 3 is 2.58 bits per heavy atom. The minimum atomic E-state index is 0.343. The van der Waals surface area contributed by atoms with E-state index in [2.05, 4.69) is 70.6 Å². The molecule has 0 saturated carbocycles. The molecular weight excluding hydrogens is 556 g/mol. The summed E-state index contributed by atoms with van der Waals surface area (Å²) in [6.45, 7) is 3.00. The number of hydrogen-bond donors (Lipinski definition) is 1. The summed E-state index contributed by atoms with van der Waals surface area (Å²) in [5.74, 6) is 1.35. The molecule has 1 N–H and O–H groups in total. The van der Waals surface area contributed by atoms with Crippen molar-refractivity contribution in [2.24, 2.45) is 0 Å². The summed E-state index contributed by atoms with van der Waals surface area (Å²) < 4.78 is 14.0. The van der Waals surface area contributed by atoms with Crippen LogP contribution in [0, 0.1) is 6.92 Å². The summed E-state index contributed by atoms with van der Waals surface area (Å²) in [6.07, 6.45) is 0. The van der Waals surface area contributed by atoms with Crippen LogP contribution in [0.2, 0.25) is 5.02 Å². The fourth-order valence-corrected chi connectivity index (χ4v) is 5.62. The number of methoxy groups -OCH3 is 1. The number of ether oxygens (including phenoxy) is 2. The molecule has 4 aromatic carbocycles. The van der Waals surface area contributed by atoms with Crippen LogP contribution in [0.25, 0.3) is 20.8 Å². The van der Waals surface area contributed by atoms with Gasteiger partial charge in [0.15, 0.2) is 11.5 Å². The van der Waals surface area contributed by atoms with Gasteiger partial charge in [-0.1, -0.05) is 51.8 Å². The van der Waals surface area contributed by atoms with E-state index < -0.39 is 0 Å². The number of hydrogen-bond acceptors (Lipinski definition) is 5. The second-order valence-electron chi connectivity index (χ2n) is 8.36. The van der Waals surface area contributed by atoms with Crippen LogP contribution in [0.3, 0.4) is 0 Å². The fraction of sp³-hybridized carbons (Fsp3) is 0.138. The van der Waals surface area contributed by atoms with Crippen molar-refractivity contribution >= 4 is 54.8 Å². The third-order valence-corrected chi connectivity index (χ3v) is 8.04. The molecule has 0 aliphatic heterocycles. The van der Waals surface area contributed by atoms with Crippen LogP contribution in [-0.2, 0) is 13.2 Å². The Kier molecular flexibility index (Phi) is 7.46. The Morgan fingerprint density at radius 2 is 1.81 bits per heavy atom. The predicted octanol–water partition coefficient (Wildman–Crippen LogP) is 8.89. The van der Waals surface area contributed by atoms with Crippen LogP contribution in [0.4, 0.5) is 5.69 Å². The molecule has 0 atom stereocenters. The number of nitrogens with one attached hydrogen (secondary N) is 1. The molecule has 7 heteroatoms. The molecule has 0 aliphatic rings. The van der Waals surface area contributed by atoms with E-state index in [9.17, 15) is 0 Å². The fourth-order valence-electron chi connectivity index (χ4n) is 3.91. The Balaban J connectivity index is 1.33. The monoisotopic (exact) mass is 578 g/mol. The van der Waals surface area contributed by atoms with Crippen molar-refractivity contribution in [3.63, 3.8) is 0 Å². The average Bonchev–Trinajstić information content (AvgIpc) is 3.31. The quantitative estimate of drug-likeness (QED) is 0.199. The first kappa shape index (κ1) is 24.6. The molecule has 1 heterocycles. The van der Waals surface area contributed by atoms with Gasteiger partial charge in [-0.15, -0.1) is 11.3 Å². The minimum Gasteiger partial charge on any atom is -0.493 e. The molecule has 5 rings (SSSR count). The number of nitrogens with zero attached hydrogens (tertiary/aromatic N) is 1. The Morgan fingerprint density at radius 1 is 1.00 bits per heavy atom. The molecule has 1 aromatic heterocycles. The van der Waals surface area contributed by atoms with Crippen LogP contribution in [0.15, 0.2) is 83.3 Å². The number of aryl methyl sites for hydroxylation is 1. The van der Waals surface area contributed by atoms with E-state index in [1.54, 1.807) is 18.4 Å². The van der Waals surface area contributed by atoms with Gasteiger partial charge in [0.25, 0.3) is 0 Å². The van der Waals surface area contributed by atoms with Crippen molar-refractivity contribution in [1.29, 1.82) is 0 Å². The molecule has 0 spiro atoms. The van der Waals surface area contributed by atoms with Crippen LogP contribution in [-0.4, -0.2) is 12.1 Å². The Labute approximate surface area is 228 Å². The van der Waals surface area contributed by atoms with E-state index in [1.807, 2.05) is 36.4 Å². The predicted molar refractivity (Wildman–Crippen MR) is 154 cm³/mol. The van der Waals surface area contributed by atoms with Gasteiger partial charge in [-0.2, -0.15) is 0 Å². The van der Waals surface area contributed by atoms with Gasteiger partial charge in [0.05, 0.1) is 17.3 Å². The molecule has 0 unspecified atom stereocenters. The summed E-state index contributed by atoms with van der Waals surface area (Å²) in [7, 11) is 1.64. The van der Waals surface area contributed by atoms with Crippen molar-refractivity contribution in [2.75, 3.05) is 12.4 Å². The number of benzene rings is 4. The highest BCUT2D eigenvalue weighted by molar-refractivity contribution is 9.10. The van der Waals surface area contributed by atoms with Gasteiger partial charge in [-0.25, -0.2) is 4.98 Å². The van der Waals surface area contributed by atoms with Crippen molar-refractivity contribution < 1.29 is 9.47 Å². The summed E-state index contributed by atoms with van der Waals surface area (Å²) >= 11 is 11.7. The minimum absolute atomic E-state index is 0.343. The van der Waals surface area contributed by atoms with Gasteiger partial charge >= 0.3 is 0 Å². The third-order valence-electron chi connectivity index (χ3n) is 5.86. The molecule has 0 radical (unpaired) electrons. The van der Waals surface area contributed by atoms with E-state index in [-0.39, 0.29) is 0 Å². The molecule has 36 heavy (non-hydrogen) atoms. The first-order chi connectivity index (χ1) is 17.5. The van der Waals surface area contributed by atoms with E-state index in [0.717, 1.165) is 37.4 Å². The number of anilines is 1. The van der Waals surface area contributed by atoms with Crippen molar-refractivity contribution in [3.05, 3.63) is 105 Å². The molecule has 5 aromatic rings. The number of rotatable bonds is 8. The van der Waals surface area contributed by atoms with E-state index in [0.29, 0.717) is 29.7 Å². The summed E-state index contributed by atoms with van der Waals surface area (Å²) in [4.78, 5) is 4.79. The maximum atomic E-state index is 6.33. The van der Waals surface area contributed by atoms with Gasteiger partial charge in [-0.05, 0) is 67.1 Å². The first-order valence-electron chi connectivity index (χ1n) is 11.4. The highest BCUT2D eigenvalue weighted by atomic mass is 79.9. The van der Waals surface area contributed by atoms with Gasteiger partial charge in [-0.3, -0.25) is 0 Å². The smallest absolute Gasteiger partial charge is 0.167 e. The molecule has 0 bridgehead atoms. The molecule has 0 aliphatic carbocycles. The largest absolute Gasteiger partial charge is 0.493 e. The lowest BCUT2D eigenvalue weighted by molar-refractivity contribution is 0.281. The van der Waals surface area contributed by atoms with Crippen LogP contribution in [0.5, 0.6) is 11.5 Å². The van der Waals surface area contributed by atoms with Crippen molar-refractivity contribution in [1.82, 2.24) is 4.98 Å². The molecule has 182 valence electrons. The molecular formula is C29H24BrClN2O2S. The highest BCUT2D eigenvalue weighted by Gasteiger charge is 2.16. The maximum absolute atomic E-state index is 6.33.